The first-order valence-corrected chi connectivity index (χ1v) is 5.98. The van der Waals surface area contributed by atoms with Gasteiger partial charge in [0.25, 0.3) is 0 Å². The monoisotopic (exact) mass is 239 g/mol. The molecule has 0 unspecified atom stereocenters. The summed E-state index contributed by atoms with van der Waals surface area (Å²) in [6.07, 6.45) is 7.46. The third kappa shape index (κ3) is 3.62. The van der Waals surface area contributed by atoms with Gasteiger partial charge >= 0.3 is 0 Å². The minimum atomic E-state index is -0.250. The molecule has 0 bridgehead atoms. The Balaban J connectivity index is 1.81. The lowest BCUT2D eigenvalue weighted by atomic mass is 10.2. The zero-order chi connectivity index (χ0) is 11.4. The summed E-state index contributed by atoms with van der Waals surface area (Å²) >= 11 is 5.94. The Hall–Kier alpha value is -0.860. The summed E-state index contributed by atoms with van der Waals surface area (Å²) in [4.78, 5) is 0. The van der Waals surface area contributed by atoms with Crippen LogP contribution in [-0.4, -0.2) is 12.6 Å². The molecule has 1 saturated carbocycles. The van der Waals surface area contributed by atoms with Crippen LogP contribution in [0.2, 0.25) is 5.02 Å². The van der Waals surface area contributed by atoms with Gasteiger partial charge in [-0.05, 0) is 49.6 Å². The van der Waals surface area contributed by atoms with Crippen molar-refractivity contribution in [1.82, 2.24) is 5.32 Å². The molecule has 1 aromatic carbocycles. The van der Waals surface area contributed by atoms with Crippen LogP contribution < -0.4 is 5.32 Å². The molecule has 0 saturated heterocycles. The van der Waals surface area contributed by atoms with Crippen molar-refractivity contribution >= 4 is 17.7 Å². The van der Waals surface area contributed by atoms with E-state index in [1.54, 1.807) is 6.07 Å². The lowest BCUT2D eigenvalue weighted by molar-refractivity contribution is 0.627. The van der Waals surface area contributed by atoms with Gasteiger partial charge in [-0.2, -0.15) is 0 Å². The van der Waals surface area contributed by atoms with Crippen molar-refractivity contribution in [1.29, 1.82) is 0 Å². The summed E-state index contributed by atoms with van der Waals surface area (Å²) < 4.78 is 12.9. The van der Waals surface area contributed by atoms with E-state index in [-0.39, 0.29) is 5.82 Å². The van der Waals surface area contributed by atoms with Gasteiger partial charge in [0.1, 0.15) is 5.82 Å². The normalized spacial score (nSPS) is 15.9. The molecule has 0 heterocycles. The Morgan fingerprint density at radius 2 is 2.25 bits per heavy atom. The van der Waals surface area contributed by atoms with E-state index in [0.717, 1.165) is 24.6 Å². The Labute approximate surface area is 100 Å². The lowest BCUT2D eigenvalue weighted by Gasteiger charge is -1.99. The fraction of sp³-hybridized carbons (Fsp3) is 0.385. The standard InChI is InChI=1S/C13H15ClFN/c14-13-7-4-11(15)9-10(13)3-1-2-8-16-12-5-6-12/h1,3-4,7,9,12,16H,2,5-6,8H2/b3-1+. The van der Waals surface area contributed by atoms with Crippen LogP contribution in [0.25, 0.3) is 6.08 Å². The molecule has 1 aromatic rings. The van der Waals surface area contributed by atoms with Gasteiger partial charge in [-0.1, -0.05) is 23.8 Å². The maximum absolute atomic E-state index is 12.9. The first-order valence-electron chi connectivity index (χ1n) is 5.60. The van der Waals surface area contributed by atoms with E-state index >= 15 is 0 Å². The second-order valence-corrected chi connectivity index (χ2v) is 4.49. The molecule has 16 heavy (non-hydrogen) atoms. The van der Waals surface area contributed by atoms with Crippen LogP contribution in [-0.2, 0) is 0 Å². The molecular weight excluding hydrogens is 225 g/mol. The second kappa shape index (κ2) is 5.46. The Morgan fingerprint density at radius 1 is 1.44 bits per heavy atom. The van der Waals surface area contributed by atoms with Crippen LogP contribution in [0.15, 0.2) is 24.3 Å². The maximum Gasteiger partial charge on any atom is 0.123 e. The van der Waals surface area contributed by atoms with E-state index in [1.165, 1.54) is 25.0 Å². The molecule has 3 heteroatoms. The quantitative estimate of drug-likeness (QED) is 0.774. The van der Waals surface area contributed by atoms with Crippen LogP contribution >= 0.6 is 11.6 Å². The minimum absolute atomic E-state index is 0.250. The molecule has 1 nitrogen and oxygen atoms in total. The van der Waals surface area contributed by atoms with Crippen molar-refractivity contribution in [3.8, 4) is 0 Å². The highest BCUT2D eigenvalue weighted by Gasteiger charge is 2.19. The van der Waals surface area contributed by atoms with Gasteiger partial charge in [0.2, 0.25) is 0 Å². The smallest absolute Gasteiger partial charge is 0.123 e. The molecule has 0 aromatic heterocycles. The first-order chi connectivity index (χ1) is 7.75. The molecule has 1 N–H and O–H groups in total. The molecule has 1 aliphatic rings. The van der Waals surface area contributed by atoms with E-state index in [2.05, 4.69) is 5.32 Å². The number of halogens is 2. The average Bonchev–Trinajstić information content (AvgIpc) is 3.06. The summed E-state index contributed by atoms with van der Waals surface area (Å²) in [6, 6.07) is 5.15. The molecule has 0 spiro atoms. The van der Waals surface area contributed by atoms with Crippen molar-refractivity contribution in [2.45, 2.75) is 25.3 Å². The Bertz CT molecular complexity index is 386. The maximum atomic E-state index is 12.9. The third-order valence-electron chi connectivity index (χ3n) is 2.58. The predicted octanol–water partition coefficient (Wildman–Crippen LogP) is 3.63. The predicted molar refractivity (Wildman–Crippen MR) is 66.1 cm³/mol. The van der Waals surface area contributed by atoms with E-state index in [0.29, 0.717) is 5.02 Å². The summed E-state index contributed by atoms with van der Waals surface area (Å²) in [5.41, 5.74) is 0.744. The van der Waals surface area contributed by atoms with Crippen molar-refractivity contribution in [2.24, 2.45) is 0 Å². The molecule has 0 aliphatic heterocycles. The summed E-state index contributed by atoms with van der Waals surface area (Å²) in [5, 5.41) is 4.00. The van der Waals surface area contributed by atoms with Crippen LogP contribution in [0.1, 0.15) is 24.8 Å². The number of hydrogen-bond acceptors (Lipinski definition) is 1. The van der Waals surface area contributed by atoms with Gasteiger partial charge in [-0.25, -0.2) is 4.39 Å². The molecule has 0 amide bonds. The second-order valence-electron chi connectivity index (χ2n) is 4.09. The van der Waals surface area contributed by atoms with Gasteiger partial charge in [0.05, 0.1) is 0 Å². The van der Waals surface area contributed by atoms with Gasteiger partial charge in [0, 0.05) is 11.1 Å². The minimum Gasteiger partial charge on any atom is -0.314 e. The van der Waals surface area contributed by atoms with Crippen molar-refractivity contribution in [3.05, 3.63) is 40.7 Å². The molecule has 1 fully saturated rings. The Kier molecular flexibility index (Phi) is 3.97. The summed E-state index contributed by atoms with van der Waals surface area (Å²) in [5.74, 6) is -0.250. The lowest BCUT2D eigenvalue weighted by Crippen LogP contribution is -2.16. The summed E-state index contributed by atoms with van der Waals surface area (Å²) in [7, 11) is 0. The molecular formula is C13H15ClFN. The van der Waals surface area contributed by atoms with Crippen LogP contribution in [0.5, 0.6) is 0 Å². The third-order valence-corrected chi connectivity index (χ3v) is 2.92. The van der Waals surface area contributed by atoms with Crippen LogP contribution in [0.4, 0.5) is 4.39 Å². The van der Waals surface area contributed by atoms with Gasteiger partial charge in [0.15, 0.2) is 0 Å². The molecule has 2 rings (SSSR count). The van der Waals surface area contributed by atoms with Crippen LogP contribution in [0, 0.1) is 5.82 Å². The van der Waals surface area contributed by atoms with Gasteiger partial charge < -0.3 is 5.32 Å². The number of nitrogens with one attached hydrogen (secondary N) is 1. The first kappa shape index (κ1) is 11.6. The topological polar surface area (TPSA) is 12.0 Å². The number of hydrogen-bond donors (Lipinski definition) is 1. The Morgan fingerprint density at radius 3 is 3.00 bits per heavy atom. The molecule has 0 radical (unpaired) electrons. The SMILES string of the molecule is Fc1ccc(Cl)c(/C=C/CCNC2CC2)c1. The highest BCUT2D eigenvalue weighted by atomic mass is 35.5. The van der Waals surface area contributed by atoms with E-state index in [1.807, 2.05) is 12.2 Å². The van der Waals surface area contributed by atoms with E-state index in [9.17, 15) is 4.39 Å². The highest BCUT2D eigenvalue weighted by molar-refractivity contribution is 6.32. The number of rotatable bonds is 5. The van der Waals surface area contributed by atoms with Crippen molar-refractivity contribution in [3.63, 3.8) is 0 Å². The molecule has 86 valence electrons. The van der Waals surface area contributed by atoms with Gasteiger partial charge in [-0.15, -0.1) is 0 Å². The fourth-order valence-corrected chi connectivity index (χ4v) is 1.69. The fourth-order valence-electron chi connectivity index (χ4n) is 1.51. The van der Waals surface area contributed by atoms with Gasteiger partial charge in [-0.3, -0.25) is 0 Å². The summed E-state index contributed by atoms with van der Waals surface area (Å²) in [6.45, 7) is 0.980. The largest absolute Gasteiger partial charge is 0.314 e. The van der Waals surface area contributed by atoms with Crippen molar-refractivity contribution < 1.29 is 4.39 Å². The zero-order valence-electron chi connectivity index (χ0n) is 9.05. The molecule has 0 atom stereocenters. The average molecular weight is 240 g/mol. The zero-order valence-corrected chi connectivity index (χ0v) is 9.80. The number of benzene rings is 1. The van der Waals surface area contributed by atoms with Crippen molar-refractivity contribution in [2.75, 3.05) is 6.54 Å². The van der Waals surface area contributed by atoms with E-state index < -0.39 is 0 Å². The van der Waals surface area contributed by atoms with Crippen LogP contribution in [0.3, 0.4) is 0 Å². The highest BCUT2D eigenvalue weighted by Crippen LogP contribution is 2.19. The van der Waals surface area contributed by atoms with E-state index in [4.69, 9.17) is 11.6 Å². The molecule has 1 aliphatic carbocycles.